The molecule has 3 aromatic rings. The molecule has 0 unspecified atom stereocenters. The molecule has 0 aliphatic carbocycles. The fourth-order valence-electron chi connectivity index (χ4n) is 6.48. The van der Waals surface area contributed by atoms with Gasteiger partial charge >= 0.3 is 0 Å². The van der Waals surface area contributed by atoms with E-state index in [2.05, 4.69) is 29.9 Å². The molecule has 3 aliphatic rings. The van der Waals surface area contributed by atoms with Crippen LogP contribution in [0.4, 0.5) is 0 Å². The summed E-state index contributed by atoms with van der Waals surface area (Å²) in [5.41, 5.74) is -1.18. The van der Waals surface area contributed by atoms with Gasteiger partial charge in [-0.05, 0) is 41.5 Å². The third-order valence-electron chi connectivity index (χ3n) is 11.8. The van der Waals surface area contributed by atoms with Gasteiger partial charge in [0.15, 0.2) is 17.3 Å². The first kappa shape index (κ1) is 68.5. The summed E-state index contributed by atoms with van der Waals surface area (Å²) in [6.07, 6.45) is 4.57. The summed E-state index contributed by atoms with van der Waals surface area (Å²) >= 11 is 4.23. The van der Waals surface area contributed by atoms with Crippen molar-refractivity contribution in [1.29, 1.82) is 0 Å². The van der Waals surface area contributed by atoms with Crippen LogP contribution in [0.2, 0.25) is 0 Å². The lowest BCUT2D eigenvalue weighted by Gasteiger charge is -2.14. The summed E-state index contributed by atoms with van der Waals surface area (Å²) < 4.78 is 63.2. The van der Waals surface area contributed by atoms with Crippen molar-refractivity contribution >= 4 is 67.8 Å². The first-order valence-corrected chi connectivity index (χ1v) is 28.9. The van der Waals surface area contributed by atoms with Crippen molar-refractivity contribution in [3.05, 3.63) is 53.9 Å². The van der Waals surface area contributed by atoms with E-state index >= 15 is 0 Å². The maximum Gasteiger partial charge on any atom is 0.157 e. The molecule has 27 heteroatoms. The van der Waals surface area contributed by atoms with Crippen molar-refractivity contribution in [3.8, 4) is 34.5 Å². The van der Waals surface area contributed by atoms with E-state index in [0.29, 0.717) is 186 Å². The van der Waals surface area contributed by atoms with Gasteiger partial charge in [0.1, 0.15) is 103 Å². The van der Waals surface area contributed by atoms with Crippen LogP contribution < -0.4 is 14.2 Å². The summed E-state index contributed by atoms with van der Waals surface area (Å²) in [6, 6.07) is 4.47. The molecule has 6 rings (SSSR count). The fraction of sp³-hybridized carbons (Fsp3) is 0.611. The van der Waals surface area contributed by atoms with Crippen molar-refractivity contribution in [2.24, 2.45) is 15.0 Å². The number of Topliss-reactive ketones (excluding diaryl/α,β-unsaturated/α-hetero) is 3. The molecule has 6 heterocycles. The third kappa shape index (κ3) is 23.6. The van der Waals surface area contributed by atoms with E-state index < -0.39 is 16.6 Å². The van der Waals surface area contributed by atoms with Gasteiger partial charge in [-0.15, -0.1) is 35.3 Å². The van der Waals surface area contributed by atoms with Crippen LogP contribution >= 0.6 is 35.3 Å². The highest BCUT2D eigenvalue weighted by Gasteiger charge is 2.39. The second-order valence-electron chi connectivity index (χ2n) is 18.4. The standard InChI is InChI=1S/3C18H26N2O6S/c3*1-13(21)18(2)12-27-17(20-18)16-15(22)10-14(11-19-16)26-9-8-25-7-6-24-5-4-23-3/h3*10-11,22H,4-9,12H2,1-3H3/t3*18-/m111/s1. The average Bonchev–Trinajstić information content (AvgIpc) is 4.18. The van der Waals surface area contributed by atoms with Crippen LogP contribution in [0, 0.1) is 0 Å². The van der Waals surface area contributed by atoms with Crippen LogP contribution in [0.5, 0.6) is 34.5 Å². The Balaban J connectivity index is 0.000000261. The summed E-state index contributed by atoms with van der Waals surface area (Å²) in [5, 5.41) is 32.4. The number of ether oxygens (including phenoxy) is 12. The van der Waals surface area contributed by atoms with Gasteiger partial charge in [0.2, 0.25) is 0 Å². The van der Waals surface area contributed by atoms with Crippen LogP contribution in [0.25, 0.3) is 0 Å². The van der Waals surface area contributed by atoms with Crippen molar-refractivity contribution in [2.75, 3.05) is 158 Å². The van der Waals surface area contributed by atoms with E-state index in [0.717, 1.165) is 0 Å². The summed E-state index contributed by atoms with van der Waals surface area (Å²) in [7, 11) is 4.87. The van der Waals surface area contributed by atoms with Gasteiger partial charge < -0.3 is 72.2 Å². The minimum absolute atomic E-state index is 0.00598. The molecule has 3 aromatic heterocycles. The van der Waals surface area contributed by atoms with E-state index in [9.17, 15) is 29.7 Å². The molecule has 81 heavy (non-hydrogen) atoms. The normalized spacial score (nSPS) is 19.1. The molecule has 0 saturated heterocycles. The van der Waals surface area contributed by atoms with E-state index in [1.807, 2.05) is 0 Å². The molecule has 0 radical (unpaired) electrons. The summed E-state index contributed by atoms with van der Waals surface area (Å²) in [4.78, 5) is 61.1. The molecule has 0 saturated carbocycles. The molecular weight excluding hydrogens is 1120 g/mol. The highest BCUT2D eigenvalue weighted by atomic mass is 32.2. The van der Waals surface area contributed by atoms with Gasteiger partial charge in [-0.3, -0.25) is 29.4 Å². The first-order valence-electron chi connectivity index (χ1n) is 26.0. The molecular formula is C54H78N6O18S3. The van der Waals surface area contributed by atoms with Crippen molar-refractivity contribution in [2.45, 2.75) is 58.2 Å². The topological polar surface area (TPSA) is 298 Å². The smallest absolute Gasteiger partial charge is 0.157 e. The van der Waals surface area contributed by atoms with Crippen LogP contribution in [0.3, 0.4) is 0 Å². The Hall–Kier alpha value is -5.04. The SMILES string of the molecule is COCCOCCOCCOc1cnc(C2=N[C@@](C)(C(C)=O)CS2)c(O)c1.COCCOCCOCCOc1cnc(C2=N[C@@](C)(C(C)=O)CS2)c(O)c1.COCCOCCOCCOc1cnc(C2=N[C@@](C)(C(C)=O)CS2)c(O)c1. The Morgan fingerprint density at radius 3 is 0.827 bits per heavy atom. The van der Waals surface area contributed by atoms with Crippen LogP contribution in [0.1, 0.15) is 58.6 Å². The second-order valence-corrected chi connectivity index (χ2v) is 21.3. The van der Waals surface area contributed by atoms with Crippen molar-refractivity contribution < 1.29 is 86.5 Å². The zero-order valence-electron chi connectivity index (χ0n) is 47.7. The Morgan fingerprint density at radius 2 is 0.630 bits per heavy atom. The number of ketones is 3. The average molecular weight is 1200 g/mol. The second kappa shape index (κ2) is 36.5. The number of aromatic nitrogens is 3. The number of hydrogen-bond acceptors (Lipinski definition) is 27. The Kier molecular flexibility index (Phi) is 30.9. The zero-order chi connectivity index (χ0) is 59.1. The predicted octanol–water partition coefficient (Wildman–Crippen LogP) is 5.06. The lowest BCUT2D eigenvalue weighted by atomic mass is 10.0. The highest BCUT2D eigenvalue weighted by Crippen LogP contribution is 2.37. The van der Waals surface area contributed by atoms with Crippen LogP contribution in [-0.4, -0.2) is 237 Å². The van der Waals surface area contributed by atoms with E-state index in [4.69, 9.17) is 56.8 Å². The van der Waals surface area contributed by atoms with Gasteiger partial charge in [0, 0.05) is 56.8 Å². The van der Waals surface area contributed by atoms with Gasteiger partial charge in [0.05, 0.1) is 118 Å². The van der Waals surface area contributed by atoms with E-state index in [-0.39, 0.29) is 34.6 Å². The Bertz CT molecular complexity index is 2280. The van der Waals surface area contributed by atoms with E-state index in [1.165, 1.54) is 92.8 Å². The number of rotatable bonds is 36. The maximum atomic E-state index is 11.7. The third-order valence-corrected chi connectivity index (χ3v) is 15.6. The molecule has 3 atom stereocenters. The minimum Gasteiger partial charge on any atom is -0.505 e. The fourth-order valence-corrected chi connectivity index (χ4v) is 10.2. The molecule has 0 bridgehead atoms. The number of aromatic hydroxyl groups is 3. The van der Waals surface area contributed by atoms with Crippen molar-refractivity contribution in [1.82, 2.24) is 15.0 Å². The predicted molar refractivity (Wildman–Crippen MR) is 309 cm³/mol. The molecule has 0 aromatic carbocycles. The Labute approximate surface area is 486 Å². The van der Waals surface area contributed by atoms with Gasteiger partial charge in [-0.25, -0.2) is 15.0 Å². The number of carbonyl (C=O) groups is 3. The lowest BCUT2D eigenvalue weighted by Crippen LogP contribution is -2.31. The molecule has 24 nitrogen and oxygen atoms in total. The molecule has 0 spiro atoms. The maximum absolute atomic E-state index is 11.7. The van der Waals surface area contributed by atoms with Crippen LogP contribution in [0.15, 0.2) is 51.8 Å². The first-order chi connectivity index (χ1) is 38.9. The number of nitrogens with zero attached hydrogens (tertiary/aromatic N) is 6. The number of carbonyl (C=O) groups excluding carboxylic acids is 3. The minimum atomic E-state index is -0.756. The van der Waals surface area contributed by atoms with Crippen LogP contribution in [-0.2, 0) is 57.0 Å². The largest absolute Gasteiger partial charge is 0.505 e. The van der Waals surface area contributed by atoms with Gasteiger partial charge in [0.25, 0.3) is 0 Å². The van der Waals surface area contributed by atoms with Gasteiger partial charge in [-0.1, -0.05) is 0 Å². The van der Waals surface area contributed by atoms with E-state index in [1.54, 1.807) is 42.1 Å². The number of aliphatic imine (C=N–C) groups is 3. The molecule has 0 fully saturated rings. The van der Waals surface area contributed by atoms with Crippen molar-refractivity contribution in [3.63, 3.8) is 0 Å². The lowest BCUT2D eigenvalue weighted by molar-refractivity contribution is -0.121. The number of hydrogen-bond donors (Lipinski definition) is 3. The number of methoxy groups -OCH3 is 3. The number of pyridine rings is 3. The monoisotopic (exact) mass is 1190 g/mol. The zero-order valence-corrected chi connectivity index (χ0v) is 50.1. The quantitative estimate of drug-likeness (QED) is 0.0641. The number of thioether (sulfide) groups is 3. The van der Waals surface area contributed by atoms with Gasteiger partial charge in [-0.2, -0.15) is 0 Å². The summed E-state index contributed by atoms with van der Waals surface area (Å²) in [5.74, 6) is 2.85. The molecule has 3 aliphatic heterocycles. The Morgan fingerprint density at radius 1 is 0.407 bits per heavy atom. The molecule has 0 amide bonds. The highest BCUT2D eigenvalue weighted by molar-refractivity contribution is 8.15. The molecule has 450 valence electrons. The molecule has 3 N–H and O–H groups in total. The summed E-state index contributed by atoms with van der Waals surface area (Å²) in [6.45, 7) is 18.3.